The van der Waals surface area contributed by atoms with Crippen LogP contribution in [0.5, 0.6) is 11.5 Å². The Balaban J connectivity index is 2.39. The molecule has 0 spiro atoms. The van der Waals surface area contributed by atoms with E-state index in [2.05, 4.69) is 5.32 Å². The molecule has 4 nitrogen and oxygen atoms in total. The first-order valence-electron chi connectivity index (χ1n) is 6.25. The van der Waals surface area contributed by atoms with Gasteiger partial charge in [-0.15, -0.1) is 0 Å². The van der Waals surface area contributed by atoms with Gasteiger partial charge >= 0.3 is 0 Å². The van der Waals surface area contributed by atoms with Gasteiger partial charge in [-0.05, 0) is 12.1 Å². The van der Waals surface area contributed by atoms with Crippen LogP contribution < -0.4 is 14.8 Å². The van der Waals surface area contributed by atoms with Crippen molar-refractivity contribution in [2.24, 2.45) is 0 Å². The molecule has 0 aliphatic rings. The van der Waals surface area contributed by atoms with Crippen molar-refractivity contribution in [2.45, 2.75) is 0 Å². The quantitative estimate of drug-likeness (QED) is 0.851. The maximum Gasteiger partial charge on any atom is 0.258 e. The third kappa shape index (κ3) is 3.34. The van der Waals surface area contributed by atoms with Crippen LogP contribution in [0, 0.1) is 17.5 Å². The van der Waals surface area contributed by atoms with E-state index in [0.29, 0.717) is 6.07 Å². The number of carbonyl (C=O) groups is 1. The molecule has 1 N–H and O–H groups in total. The van der Waals surface area contributed by atoms with Gasteiger partial charge in [-0.2, -0.15) is 0 Å². The Morgan fingerprint density at radius 3 is 2.30 bits per heavy atom. The standard InChI is InChI=1S/C15H11ClF3NO3/c1-22-11-6-10(12(23-2)5-8(11)16)20-15(21)7-3-4-9(17)14(19)13(7)18/h3-6H,1-2H3,(H,20,21). The third-order valence-corrected chi connectivity index (χ3v) is 3.30. The second-order valence-electron chi connectivity index (χ2n) is 4.36. The average molecular weight is 346 g/mol. The van der Waals surface area contributed by atoms with Crippen molar-refractivity contribution in [3.8, 4) is 11.5 Å². The van der Waals surface area contributed by atoms with Crippen LogP contribution in [0.4, 0.5) is 18.9 Å². The van der Waals surface area contributed by atoms with Crippen LogP contribution in [0.25, 0.3) is 0 Å². The molecule has 0 aromatic heterocycles. The molecule has 0 bridgehead atoms. The first-order chi connectivity index (χ1) is 10.9. The van der Waals surface area contributed by atoms with Gasteiger partial charge in [0.05, 0.1) is 30.5 Å². The van der Waals surface area contributed by atoms with E-state index >= 15 is 0 Å². The summed E-state index contributed by atoms with van der Waals surface area (Å²) in [5.41, 5.74) is -0.525. The number of hydrogen-bond acceptors (Lipinski definition) is 3. The molecule has 0 fully saturated rings. The Bertz CT molecular complexity index is 768. The van der Waals surface area contributed by atoms with Gasteiger partial charge in [0.2, 0.25) is 0 Å². The maximum absolute atomic E-state index is 13.7. The lowest BCUT2D eigenvalue weighted by Gasteiger charge is -2.13. The second kappa shape index (κ2) is 6.78. The third-order valence-electron chi connectivity index (χ3n) is 3.00. The van der Waals surface area contributed by atoms with Crippen LogP contribution in [0.1, 0.15) is 10.4 Å². The molecule has 0 saturated heterocycles. The SMILES string of the molecule is COc1cc(NC(=O)c2ccc(F)c(F)c2F)c(OC)cc1Cl. The van der Waals surface area contributed by atoms with Gasteiger partial charge in [0.25, 0.3) is 5.91 Å². The maximum atomic E-state index is 13.7. The molecule has 2 rings (SSSR count). The average Bonchev–Trinajstić information content (AvgIpc) is 2.53. The van der Waals surface area contributed by atoms with E-state index < -0.39 is 28.9 Å². The topological polar surface area (TPSA) is 47.6 Å². The Hall–Kier alpha value is -2.41. The Morgan fingerprint density at radius 1 is 1.04 bits per heavy atom. The summed E-state index contributed by atoms with van der Waals surface area (Å²) in [5.74, 6) is -5.24. The van der Waals surface area contributed by atoms with Crippen molar-refractivity contribution in [3.05, 3.63) is 52.3 Å². The summed E-state index contributed by atoms with van der Waals surface area (Å²) >= 11 is 5.93. The highest BCUT2D eigenvalue weighted by Crippen LogP contribution is 2.36. The molecule has 0 saturated carbocycles. The van der Waals surface area contributed by atoms with Crippen molar-refractivity contribution in [1.29, 1.82) is 0 Å². The van der Waals surface area contributed by atoms with E-state index in [4.69, 9.17) is 21.1 Å². The number of nitrogens with one attached hydrogen (secondary N) is 1. The largest absolute Gasteiger partial charge is 0.495 e. The number of ether oxygens (including phenoxy) is 2. The van der Waals surface area contributed by atoms with Gasteiger partial charge in [-0.1, -0.05) is 11.6 Å². The smallest absolute Gasteiger partial charge is 0.258 e. The molecule has 0 atom stereocenters. The van der Waals surface area contributed by atoms with E-state index in [1.165, 1.54) is 26.4 Å². The molecule has 122 valence electrons. The lowest BCUT2D eigenvalue weighted by molar-refractivity contribution is 0.102. The van der Waals surface area contributed by atoms with E-state index in [1.54, 1.807) is 0 Å². The fraction of sp³-hybridized carbons (Fsp3) is 0.133. The molecule has 0 unspecified atom stereocenters. The van der Waals surface area contributed by atoms with Crippen molar-refractivity contribution < 1.29 is 27.4 Å². The zero-order valence-corrected chi connectivity index (χ0v) is 12.8. The van der Waals surface area contributed by atoms with E-state index in [9.17, 15) is 18.0 Å². The lowest BCUT2D eigenvalue weighted by atomic mass is 10.1. The van der Waals surface area contributed by atoms with Gasteiger partial charge in [0.1, 0.15) is 11.5 Å². The summed E-state index contributed by atoms with van der Waals surface area (Å²) in [4.78, 5) is 12.1. The minimum absolute atomic E-state index is 0.128. The first kappa shape index (κ1) is 17.0. The molecule has 2 aromatic carbocycles. The summed E-state index contributed by atoms with van der Waals surface area (Å²) in [5, 5.41) is 2.57. The summed E-state index contributed by atoms with van der Waals surface area (Å²) in [6, 6.07) is 4.24. The highest BCUT2D eigenvalue weighted by Gasteiger charge is 2.20. The molecule has 2 aromatic rings. The molecular weight excluding hydrogens is 335 g/mol. The molecule has 23 heavy (non-hydrogen) atoms. The minimum atomic E-state index is -1.72. The van der Waals surface area contributed by atoms with Crippen molar-refractivity contribution in [3.63, 3.8) is 0 Å². The van der Waals surface area contributed by atoms with Gasteiger partial charge in [0, 0.05) is 12.1 Å². The zero-order chi connectivity index (χ0) is 17.1. The number of amides is 1. The second-order valence-corrected chi connectivity index (χ2v) is 4.77. The van der Waals surface area contributed by atoms with Gasteiger partial charge in [-0.25, -0.2) is 13.2 Å². The molecule has 0 aliphatic heterocycles. The number of hydrogen-bond donors (Lipinski definition) is 1. The normalized spacial score (nSPS) is 10.3. The summed E-state index contributed by atoms with van der Waals surface area (Å²) in [6.45, 7) is 0. The zero-order valence-electron chi connectivity index (χ0n) is 12.0. The van der Waals surface area contributed by atoms with E-state index in [0.717, 1.165) is 6.07 Å². The fourth-order valence-electron chi connectivity index (χ4n) is 1.85. The molecule has 0 aliphatic carbocycles. The number of carbonyl (C=O) groups excluding carboxylic acids is 1. The van der Waals surface area contributed by atoms with E-state index in [1.807, 2.05) is 0 Å². The van der Waals surface area contributed by atoms with E-state index in [-0.39, 0.29) is 22.2 Å². The Kier molecular flexibility index (Phi) is 5.00. The van der Waals surface area contributed by atoms with Crippen molar-refractivity contribution in [2.75, 3.05) is 19.5 Å². The number of rotatable bonds is 4. The number of halogens is 4. The first-order valence-corrected chi connectivity index (χ1v) is 6.63. The highest BCUT2D eigenvalue weighted by molar-refractivity contribution is 6.32. The van der Waals surface area contributed by atoms with Crippen LogP contribution >= 0.6 is 11.6 Å². The van der Waals surface area contributed by atoms with Crippen LogP contribution in [0.2, 0.25) is 5.02 Å². The summed E-state index contributed by atoms with van der Waals surface area (Å²) in [6.07, 6.45) is 0. The predicted octanol–water partition coefficient (Wildman–Crippen LogP) is 4.03. The van der Waals surface area contributed by atoms with Gasteiger partial charge in [-0.3, -0.25) is 4.79 Å². The molecule has 1 amide bonds. The molecular formula is C15H11ClF3NO3. The van der Waals surface area contributed by atoms with Crippen LogP contribution in [-0.4, -0.2) is 20.1 Å². The molecule has 0 radical (unpaired) electrons. The number of benzene rings is 2. The Labute approximate surface area is 134 Å². The lowest BCUT2D eigenvalue weighted by Crippen LogP contribution is -2.16. The minimum Gasteiger partial charge on any atom is -0.495 e. The van der Waals surface area contributed by atoms with Crippen LogP contribution in [0.15, 0.2) is 24.3 Å². The van der Waals surface area contributed by atoms with Crippen molar-refractivity contribution in [1.82, 2.24) is 0 Å². The highest BCUT2D eigenvalue weighted by atomic mass is 35.5. The summed E-state index contributed by atoms with van der Waals surface area (Å²) in [7, 11) is 2.71. The summed E-state index contributed by atoms with van der Waals surface area (Å²) < 4.78 is 49.8. The molecule has 0 heterocycles. The monoisotopic (exact) mass is 345 g/mol. The molecule has 8 heteroatoms. The van der Waals surface area contributed by atoms with Gasteiger partial charge < -0.3 is 14.8 Å². The van der Waals surface area contributed by atoms with Crippen LogP contribution in [-0.2, 0) is 0 Å². The number of anilines is 1. The number of methoxy groups -OCH3 is 2. The predicted molar refractivity (Wildman–Crippen MR) is 78.8 cm³/mol. The van der Waals surface area contributed by atoms with Crippen LogP contribution in [0.3, 0.4) is 0 Å². The van der Waals surface area contributed by atoms with Gasteiger partial charge in [0.15, 0.2) is 17.5 Å². The Morgan fingerprint density at radius 2 is 1.70 bits per heavy atom. The van der Waals surface area contributed by atoms with Crippen molar-refractivity contribution >= 4 is 23.2 Å². The fourth-order valence-corrected chi connectivity index (χ4v) is 2.08.